The zero-order valence-corrected chi connectivity index (χ0v) is 14.2. The minimum absolute atomic E-state index is 0.0239. The van der Waals surface area contributed by atoms with Gasteiger partial charge in [-0.2, -0.15) is 0 Å². The van der Waals surface area contributed by atoms with Gasteiger partial charge in [0.1, 0.15) is 0 Å². The van der Waals surface area contributed by atoms with Gasteiger partial charge in [-0.3, -0.25) is 19.7 Å². The molecule has 24 heavy (non-hydrogen) atoms. The predicted octanol–water partition coefficient (Wildman–Crippen LogP) is 3.38. The van der Waals surface area contributed by atoms with E-state index in [2.05, 4.69) is 0 Å². The number of non-ortho nitro benzene ring substituents is 1. The normalized spacial score (nSPS) is 11.0. The molecule has 1 heterocycles. The van der Waals surface area contributed by atoms with E-state index in [0.29, 0.717) is 16.8 Å². The first-order valence-corrected chi connectivity index (χ1v) is 8.28. The standard InChI is InChI=1S/C16H18N2O5S/c1-10(2)9-17(6-5-15(19)20)16(21)14-8-11-7-12(18(22)23)3-4-13(11)24-14/h3-4,7-8,10H,5-6,9H2,1-2H3,(H,19,20). The molecule has 7 nitrogen and oxygen atoms in total. The summed E-state index contributed by atoms with van der Waals surface area (Å²) < 4.78 is 0.784. The van der Waals surface area contributed by atoms with Crippen molar-refractivity contribution in [2.45, 2.75) is 20.3 Å². The van der Waals surface area contributed by atoms with Crippen LogP contribution in [0, 0.1) is 16.0 Å². The Morgan fingerprint density at radius 3 is 2.62 bits per heavy atom. The molecule has 0 fully saturated rings. The number of nitro groups is 1. The second kappa shape index (κ2) is 7.39. The summed E-state index contributed by atoms with van der Waals surface area (Å²) in [7, 11) is 0. The van der Waals surface area contributed by atoms with Crippen LogP contribution >= 0.6 is 11.3 Å². The maximum absolute atomic E-state index is 12.7. The highest BCUT2D eigenvalue weighted by atomic mass is 32.1. The molecule has 0 spiro atoms. The molecule has 0 bridgehead atoms. The lowest BCUT2D eigenvalue weighted by molar-refractivity contribution is -0.384. The molecule has 1 amide bonds. The van der Waals surface area contributed by atoms with Crippen molar-refractivity contribution >= 4 is 39.0 Å². The molecule has 0 aliphatic carbocycles. The molecule has 2 aromatic rings. The maximum Gasteiger partial charge on any atom is 0.305 e. The van der Waals surface area contributed by atoms with Crippen molar-refractivity contribution in [1.29, 1.82) is 0 Å². The Kier molecular flexibility index (Phi) is 5.50. The van der Waals surface area contributed by atoms with Crippen LogP contribution in [0.25, 0.3) is 10.1 Å². The number of nitro benzene ring substituents is 1. The topological polar surface area (TPSA) is 101 Å². The monoisotopic (exact) mass is 350 g/mol. The minimum atomic E-state index is -0.955. The van der Waals surface area contributed by atoms with E-state index in [1.54, 1.807) is 12.1 Å². The van der Waals surface area contributed by atoms with Crippen LogP contribution in [0.15, 0.2) is 24.3 Å². The van der Waals surface area contributed by atoms with Crippen molar-refractivity contribution in [3.05, 3.63) is 39.3 Å². The van der Waals surface area contributed by atoms with Gasteiger partial charge in [0.2, 0.25) is 0 Å². The van der Waals surface area contributed by atoms with E-state index >= 15 is 0 Å². The Hall–Kier alpha value is -2.48. The number of hydrogen-bond acceptors (Lipinski definition) is 5. The average Bonchev–Trinajstić information content (AvgIpc) is 2.93. The van der Waals surface area contributed by atoms with Gasteiger partial charge in [-0.25, -0.2) is 0 Å². The van der Waals surface area contributed by atoms with Crippen molar-refractivity contribution in [3.63, 3.8) is 0 Å². The van der Waals surface area contributed by atoms with E-state index in [0.717, 1.165) is 4.70 Å². The number of benzene rings is 1. The third-order valence-corrected chi connectivity index (χ3v) is 4.49. The van der Waals surface area contributed by atoms with Gasteiger partial charge in [-0.05, 0) is 18.1 Å². The number of thiophene rings is 1. The van der Waals surface area contributed by atoms with Crippen LogP contribution < -0.4 is 0 Å². The van der Waals surface area contributed by atoms with Gasteiger partial charge in [-0.15, -0.1) is 11.3 Å². The first-order valence-electron chi connectivity index (χ1n) is 7.47. The Morgan fingerprint density at radius 2 is 2.04 bits per heavy atom. The smallest absolute Gasteiger partial charge is 0.305 e. The number of carboxylic acids is 1. The summed E-state index contributed by atoms with van der Waals surface area (Å²) in [6.45, 7) is 4.51. The summed E-state index contributed by atoms with van der Waals surface area (Å²) in [6, 6.07) is 6.10. The Bertz CT molecular complexity index is 784. The lowest BCUT2D eigenvalue weighted by Gasteiger charge is -2.23. The van der Waals surface area contributed by atoms with Crippen molar-refractivity contribution < 1.29 is 19.6 Å². The van der Waals surface area contributed by atoms with Crippen molar-refractivity contribution in [1.82, 2.24) is 4.90 Å². The molecular weight excluding hydrogens is 332 g/mol. The van der Waals surface area contributed by atoms with E-state index in [1.165, 1.54) is 28.4 Å². The van der Waals surface area contributed by atoms with Crippen LogP contribution in [0.4, 0.5) is 5.69 Å². The zero-order chi connectivity index (χ0) is 17.9. The molecule has 1 aromatic heterocycles. The number of carbonyl (C=O) groups excluding carboxylic acids is 1. The Morgan fingerprint density at radius 1 is 1.33 bits per heavy atom. The van der Waals surface area contributed by atoms with Gasteiger partial charge >= 0.3 is 5.97 Å². The fourth-order valence-electron chi connectivity index (χ4n) is 2.35. The minimum Gasteiger partial charge on any atom is -0.481 e. The lowest BCUT2D eigenvalue weighted by atomic mass is 10.2. The number of aliphatic carboxylic acids is 1. The van der Waals surface area contributed by atoms with Gasteiger partial charge in [0, 0.05) is 35.3 Å². The SMILES string of the molecule is CC(C)CN(CCC(=O)O)C(=O)c1cc2cc([N+](=O)[O-])ccc2s1. The highest BCUT2D eigenvalue weighted by Crippen LogP contribution is 2.29. The molecular formula is C16H18N2O5S. The van der Waals surface area contributed by atoms with Crippen LogP contribution in [-0.2, 0) is 4.79 Å². The third kappa shape index (κ3) is 4.29. The molecule has 2 rings (SSSR count). The summed E-state index contributed by atoms with van der Waals surface area (Å²) >= 11 is 1.25. The summed E-state index contributed by atoms with van der Waals surface area (Å²) in [4.78, 5) is 35.8. The number of nitrogens with zero attached hydrogens (tertiary/aromatic N) is 2. The second-order valence-electron chi connectivity index (χ2n) is 5.88. The summed E-state index contributed by atoms with van der Waals surface area (Å²) in [5, 5.41) is 20.3. The van der Waals surface area contributed by atoms with Gasteiger partial charge in [0.05, 0.1) is 16.2 Å². The van der Waals surface area contributed by atoms with Crippen LogP contribution in [0.5, 0.6) is 0 Å². The van der Waals surface area contributed by atoms with Crippen LogP contribution in [-0.4, -0.2) is 39.9 Å². The van der Waals surface area contributed by atoms with E-state index in [9.17, 15) is 19.7 Å². The zero-order valence-electron chi connectivity index (χ0n) is 13.4. The highest BCUT2D eigenvalue weighted by Gasteiger charge is 2.20. The first-order chi connectivity index (χ1) is 11.3. The number of hydrogen-bond donors (Lipinski definition) is 1. The van der Waals surface area contributed by atoms with Gasteiger partial charge in [-0.1, -0.05) is 13.8 Å². The quantitative estimate of drug-likeness (QED) is 0.609. The third-order valence-electron chi connectivity index (χ3n) is 3.39. The molecule has 0 saturated carbocycles. The molecule has 1 N–H and O–H groups in total. The fourth-order valence-corrected chi connectivity index (χ4v) is 3.36. The molecule has 0 radical (unpaired) electrons. The van der Waals surface area contributed by atoms with Gasteiger partial charge < -0.3 is 10.0 Å². The number of carboxylic acid groups (broad SMARTS) is 1. The molecule has 0 unspecified atom stereocenters. The molecule has 0 saturated heterocycles. The second-order valence-corrected chi connectivity index (χ2v) is 6.96. The van der Waals surface area contributed by atoms with Crippen LogP contribution in [0.3, 0.4) is 0 Å². The largest absolute Gasteiger partial charge is 0.481 e. The molecule has 128 valence electrons. The first kappa shape index (κ1) is 17.9. The maximum atomic E-state index is 12.7. The molecule has 1 aromatic carbocycles. The average molecular weight is 350 g/mol. The fraction of sp³-hybridized carbons (Fsp3) is 0.375. The van der Waals surface area contributed by atoms with Crippen LogP contribution in [0.2, 0.25) is 0 Å². The van der Waals surface area contributed by atoms with E-state index < -0.39 is 10.9 Å². The van der Waals surface area contributed by atoms with E-state index in [-0.39, 0.29) is 30.5 Å². The molecule has 8 heteroatoms. The van der Waals surface area contributed by atoms with Crippen molar-refractivity contribution in [2.24, 2.45) is 5.92 Å². The Labute approximate surface area is 142 Å². The van der Waals surface area contributed by atoms with Crippen LogP contribution in [0.1, 0.15) is 29.9 Å². The van der Waals surface area contributed by atoms with E-state index in [4.69, 9.17) is 5.11 Å². The molecule has 0 aliphatic heterocycles. The number of carbonyl (C=O) groups is 2. The number of amides is 1. The molecule has 0 atom stereocenters. The van der Waals surface area contributed by atoms with Gasteiger partial charge in [0.15, 0.2) is 0 Å². The Balaban J connectivity index is 2.29. The summed E-state index contributed by atoms with van der Waals surface area (Å²) in [6.07, 6.45) is -0.116. The van der Waals surface area contributed by atoms with Gasteiger partial charge in [0.25, 0.3) is 11.6 Å². The lowest BCUT2D eigenvalue weighted by Crippen LogP contribution is -2.35. The summed E-state index contributed by atoms with van der Waals surface area (Å²) in [5.41, 5.74) is -0.0239. The number of rotatable bonds is 7. The summed E-state index contributed by atoms with van der Waals surface area (Å²) in [5.74, 6) is -0.990. The number of fused-ring (bicyclic) bond motifs is 1. The van der Waals surface area contributed by atoms with Crippen molar-refractivity contribution in [3.8, 4) is 0 Å². The van der Waals surface area contributed by atoms with Crippen molar-refractivity contribution in [2.75, 3.05) is 13.1 Å². The predicted molar refractivity (Wildman–Crippen MR) is 91.5 cm³/mol. The highest BCUT2D eigenvalue weighted by molar-refractivity contribution is 7.20. The molecule has 0 aliphatic rings. The van der Waals surface area contributed by atoms with E-state index in [1.807, 2.05) is 13.8 Å².